The largest absolute Gasteiger partial charge is 0.487 e. The average molecular weight is 224 g/mol. The molecule has 4 nitrogen and oxygen atoms in total. The Hall–Kier alpha value is -1.55. The zero-order valence-electron chi connectivity index (χ0n) is 9.69. The van der Waals surface area contributed by atoms with Gasteiger partial charge in [0.15, 0.2) is 0 Å². The zero-order valence-corrected chi connectivity index (χ0v) is 9.69. The molecule has 0 aliphatic heterocycles. The van der Waals surface area contributed by atoms with Gasteiger partial charge in [-0.3, -0.25) is 0 Å². The number of methoxy groups -OCH3 is 1. The first kappa shape index (κ1) is 12.5. The molecule has 88 valence electrons. The Morgan fingerprint density at radius 1 is 1.50 bits per heavy atom. The Bertz CT molecular complexity index is 373. The molecule has 0 saturated heterocycles. The summed E-state index contributed by atoms with van der Waals surface area (Å²) in [6.45, 7) is 4.08. The number of hydrogen-bond acceptors (Lipinski definition) is 3. The van der Waals surface area contributed by atoms with Gasteiger partial charge in [0.2, 0.25) is 0 Å². The van der Waals surface area contributed by atoms with Gasteiger partial charge >= 0.3 is 5.97 Å². The van der Waals surface area contributed by atoms with Crippen LogP contribution < -0.4 is 4.74 Å². The fourth-order valence-corrected chi connectivity index (χ4v) is 1.45. The molecule has 1 aromatic rings. The van der Waals surface area contributed by atoms with Crippen molar-refractivity contribution in [3.05, 3.63) is 29.3 Å². The lowest BCUT2D eigenvalue weighted by atomic mass is 10.1. The summed E-state index contributed by atoms with van der Waals surface area (Å²) in [6.07, 6.45) is -0.177. The van der Waals surface area contributed by atoms with E-state index in [1.54, 1.807) is 13.2 Å². The van der Waals surface area contributed by atoms with Crippen LogP contribution >= 0.6 is 0 Å². The Labute approximate surface area is 94.8 Å². The lowest BCUT2D eigenvalue weighted by molar-refractivity contribution is 0.0673. The predicted molar refractivity (Wildman–Crippen MR) is 60.1 cm³/mol. The SMILES string of the molecule is COCC(C)Oc1c(C)cccc1C(=O)O. The normalized spacial score (nSPS) is 12.2. The van der Waals surface area contributed by atoms with Crippen molar-refractivity contribution < 1.29 is 19.4 Å². The molecule has 1 N–H and O–H groups in total. The number of para-hydroxylation sites is 1. The molecule has 0 aliphatic rings. The van der Waals surface area contributed by atoms with E-state index in [0.717, 1.165) is 5.56 Å². The molecule has 0 radical (unpaired) electrons. The summed E-state index contributed by atoms with van der Waals surface area (Å²) in [5.74, 6) is -0.567. The van der Waals surface area contributed by atoms with Crippen LogP contribution in [0.2, 0.25) is 0 Å². The first-order valence-electron chi connectivity index (χ1n) is 5.04. The maximum absolute atomic E-state index is 11.0. The van der Waals surface area contributed by atoms with Crippen LogP contribution in [0.1, 0.15) is 22.8 Å². The average Bonchev–Trinajstić information content (AvgIpc) is 2.21. The van der Waals surface area contributed by atoms with Gasteiger partial charge in [0, 0.05) is 7.11 Å². The van der Waals surface area contributed by atoms with Gasteiger partial charge in [-0.25, -0.2) is 4.79 Å². The highest BCUT2D eigenvalue weighted by Crippen LogP contribution is 2.24. The summed E-state index contributed by atoms with van der Waals surface area (Å²) in [4.78, 5) is 11.0. The number of rotatable bonds is 5. The first-order chi connectivity index (χ1) is 7.56. The van der Waals surface area contributed by atoms with E-state index < -0.39 is 5.97 Å². The lowest BCUT2D eigenvalue weighted by Gasteiger charge is -2.17. The van der Waals surface area contributed by atoms with E-state index in [4.69, 9.17) is 14.6 Å². The maximum atomic E-state index is 11.0. The fraction of sp³-hybridized carbons (Fsp3) is 0.417. The molecule has 0 aromatic heterocycles. The van der Waals surface area contributed by atoms with Gasteiger partial charge in [-0.15, -0.1) is 0 Å². The van der Waals surface area contributed by atoms with Crippen molar-refractivity contribution in [2.75, 3.05) is 13.7 Å². The van der Waals surface area contributed by atoms with Crippen LogP contribution in [0.15, 0.2) is 18.2 Å². The third kappa shape index (κ3) is 2.97. The van der Waals surface area contributed by atoms with Crippen molar-refractivity contribution in [3.63, 3.8) is 0 Å². The van der Waals surface area contributed by atoms with Crippen molar-refractivity contribution in [3.8, 4) is 5.75 Å². The van der Waals surface area contributed by atoms with Crippen LogP contribution in [-0.4, -0.2) is 30.9 Å². The minimum Gasteiger partial charge on any atom is -0.487 e. The smallest absolute Gasteiger partial charge is 0.339 e. The molecule has 0 saturated carbocycles. The van der Waals surface area contributed by atoms with Crippen LogP contribution in [0.5, 0.6) is 5.75 Å². The summed E-state index contributed by atoms with van der Waals surface area (Å²) in [5, 5.41) is 9.02. The molecule has 1 aromatic carbocycles. The maximum Gasteiger partial charge on any atom is 0.339 e. The second kappa shape index (κ2) is 5.51. The van der Waals surface area contributed by atoms with E-state index >= 15 is 0 Å². The number of benzene rings is 1. The van der Waals surface area contributed by atoms with E-state index in [1.165, 1.54) is 6.07 Å². The van der Waals surface area contributed by atoms with E-state index in [-0.39, 0.29) is 11.7 Å². The second-order valence-corrected chi connectivity index (χ2v) is 3.64. The highest BCUT2D eigenvalue weighted by atomic mass is 16.5. The minimum atomic E-state index is -0.983. The van der Waals surface area contributed by atoms with Crippen LogP contribution in [0, 0.1) is 6.92 Å². The molecule has 0 bridgehead atoms. The van der Waals surface area contributed by atoms with Gasteiger partial charge in [-0.05, 0) is 25.5 Å². The third-order valence-electron chi connectivity index (χ3n) is 2.16. The van der Waals surface area contributed by atoms with Crippen LogP contribution in [0.25, 0.3) is 0 Å². The van der Waals surface area contributed by atoms with Crippen molar-refractivity contribution >= 4 is 5.97 Å². The Morgan fingerprint density at radius 2 is 2.19 bits per heavy atom. The molecule has 0 spiro atoms. The Balaban J connectivity index is 2.97. The summed E-state index contributed by atoms with van der Waals surface area (Å²) < 4.78 is 10.5. The van der Waals surface area contributed by atoms with Gasteiger partial charge in [-0.1, -0.05) is 12.1 Å². The molecule has 4 heteroatoms. The highest BCUT2D eigenvalue weighted by molar-refractivity contribution is 5.91. The number of carboxylic acids is 1. The predicted octanol–water partition coefficient (Wildman–Crippen LogP) is 2.11. The van der Waals surface area contributed by atoms with E-state index in [2.05, 4.69) is 0 Å². The van der Waals surface area contributed by atoms with E-state index in [1.807, 2.05) is 19.9 Å². The van der Waals surface area contributed by atoms with Crippen LogP contribution in [0.4, 0.5) is 0 Å². The van der Waals surface area contributed by atoms with Gasteiger partial charge in [0.05, 0.1) is 6.61 Å². The molecule has 0 heterocycles. The summed E-state index contributed by atoms with van der Waals surface area (Å²) in [7, 11) is 1.58. The number of carboxylic acid groups (broad SMARTS) is 1. The molecule has 0 amide bonds. The Kier molecular flexibility index (Phi) is 4.31. The number of carbonyl (C=O) groups is 1. The molecule has 0 aliphatic carbocycles. The molecule has 1 unspecified atom stereocenters. The first-order valence-corrected chi connectivity index (χ1v) is 5.04. The number of ether oxygens (including phenoxy) is 2. The topological polar surface area (TPSA) is 55.8 Å². The minimum absolute atomic E-state index is 0.177. The van der Waals surface area contributed by atoms with Gasteiger partial charge in [-0.2, -0.15) is 0 Å². The van der Waals surface area contributed by atoms with Crippen LogP contribution in [0.3, 0.4) is 0 Å². The van der Waals surface area contributed by atoms with Gasteiger partial charge < -0.3 is 14.6 Å². The number of aromatic carboxylic acids is 1. The standard InChI is InChI=1S/C12H16O4/c1-8-5-4-6-10(12(13)14)11(8)16-9(2)7-15-3/h4-6,9H,7H2,1-3H3,(H,13,14). The van der Waals surface area contributed by atoms with E-state index in [0.29, 0.717) is 12.4 Å². The van der Waals surface area contributed by atoms with Crippen molar-refractivity contribution in [1.29, 1.82) is 0 Å². The monoisotopic (exact) mass is 224 g/mol. The van der Waals surface area contributed by atoms with Crippen molar-refractivity contribution in [2.24, 2.45) is 0 Å². The summed E-state index contributed by atoms with van der Waals surface area (Å²) >= 11 is 0. The third-order valence-corrected chi connectivity index (χ3v) is 2.16. The summed E-state index contributed by atoms with van der Waals surface area (Å²) in [6, 6.07) is 5.05. The number of hydrogen-bond donors (Lipinski definition) is 1. The lowest BCUT2D eigenvalue weighted by Crippen LogP contribution is -2.20. The molecule has 1 atom stereocenters. The Morgan fingerprint density at radius 3 is 2.75 bits per heavy atom. The molecule has 0 fully saturated rings. The molecule has 16 heavy (non-hydrogen) atoms. The van der Waals surface area contributed by atoms with Crippen LogP contribution in [-0.2, 0) is 4.74 Å². The van der Waals surface area contributed by atoms with Crippen molar-refractivity contribution in [1.82, 2.24) is 0 Å². The van der Waals surface area contributed by atoms with Gasteiger partial charge in [0.25, 0.3) is 0 Å². The highest BCUT2D eigenvalue weighted by Gasteiger charge is 2.15. The fourth-order valence-electron chi connectivity index (χ4n) is 1.45. The molecular formula is C12H16O4. The van der Waals surface area contributed by atoms with E-state index in [9.17, 15) is 4.79 Å². The molecular weight excluding hydrogens is 208 g/mol. The summed E-state index contributed by atoms with van der Waals surface area (Å²) in [5.41, 5.74) is 0.991. The molecule has 1 rings (SSSR count). The zero-order chi connectivity index (χ0) is 12.1. The van der Waals surface area contributed by atoms with Gasteiger partial charge in [0.1, 0.15) is 17.4 Å². The quantitative estimate of drug-likeness (QED) is 0.832. The number of aryl methyl sites for hydroxylation is 1. The second-order valence-electron chi connectivity index (χ2n) is 3.64. The van der Waals surface area contributed by atoms with Crippen molar-refractivity contribution in [2.45, 2.75) is 20.0 Å².